The van der Waals surface area contributed by atoms with E-state index >= 15 is 0 Å². The summed E-state index contributed by atoms with van der Waals surface area (Å²) >= 11 is 0. The first kappa shape index (κ1) is 19.8. The van der Waals surface area contributed by atoms with E-state index in [-0.39, 0.29) is 0 Å². The zero-order valence-electron chi connectivity index (χ0n) is 15.7. The minimum atomic E-state index is -4.28. The quantitative estimate of drug-likeness (QED) is 0.717. The molecule has 1 saturated heterocycles. The summed E-state index contributed by atoms with van der Waals surface area (Å²) in [6.07, 6.45) is 3.74. The smallest absolute Gasteiger partial charge is 0.299 e. The molecule has 3 nitrogen and oxygen atoms in total. The molecule has 0 bridgehead atoms. The number of piperidine rings is 1. The fourth-order valence-corrected chi connectivity index (χ4v) is 3.81. The summed E-state index contributed by atoms with van der Waals surface area (Å²) in [5.74, 6) is 1.27. The maximum Gasteiger partial charge on any atom is 0.416 e. The van der Waals surface area contributed by atoms with E-state index in [4.69, 9.17) is 0 Å². The van der Waals surface area contributed by atoms with Gasteiger partial charge in [-0.3, -0.25) is 4.90 Å². The molecule has 0 aliphatic carbocycles. The molecule has 1 aliphatic rings. The van der Waals surface area contributed by atoms with Crippen molar-refractivity contribution in [3.05, 3.63) is 59.2 Å². The molecule has 0 N–H and O–H groups in total. The van der Waals surface area contributed by atoms with Gasteiger partial charge in [0.05, 0.1) is 5.56 Å². The van der Waals surface area contributed by atoms with Gasteiger partial charge in [-0.15, -0.1) is 0 Å². The Morgan fingerprint density at radius 1 is 1.15 bits per heavy atom. The van der Waals surface area contributed by atoms with Crippen LogP contribution in [0.3, 0.4) is 0 Å². The lowest BCUT2D eigenvalue weighted by molar-refractivity contribution is -0.138. The van der Waals surface area contributed by atoms with Crippen molar-refractivity contribution in [2.45, 2.75) is 51.7 Å². The van der Waals surface area contributed by atoms with Crippen LogP contribution in [0.1, 0.15) is 48.7 Å². The van der Waals surface area contributed by atoms with Crippen LogP contribution >= 0.6 is 0 Å². The first-order chi connectivity index (χ1) is 13.0. The topological polar surface area (TPSA) is 29.0 Å². The predicted octanol–water partition coefficient (Wildman–Crippen LogP) is 4.90. The monoisotopic (exact) mass is 377 g/mol. The Morgan fingerprint density at radius 2 is 1.89 bits per heavy atom. The van der Waals surface area contributed by atoms with E-state index in [0.717, 1.165) is 56.7 Å². The van der Waals surface area contributed by atoms with Gasteiger partial charge < -0.3 is 0 Å². The molecule has 2 heterocycles. The number of likely N-dealkylation sites (tertiary alicyclic amines) is 1. The number of rotatable bonds is 6. The van der Waals surface area contributed by atoms with Crippen molar-refractivity contribution < 1.29 is 13.2 Å². The summed E-state index contributed by atoms with van der Waals surface area (Å²) in [5, 5.41) is 0. The SMILES string of the molecule is CCc1ncc(CN2CCC[C@@H](CCc3ccccc3C(F)(F)F)C2)cn1. The number of aryl methyl sites for hydroxylation is 2. The van der Waals surface area contributed by atoms with E-state index in [1.54, 1.807) is 12.1 Å². The third-order valence-corrected chi connectivity index (χ3v) is 5.23. The van der Waals surface area contributed by atoms with Gasteiger partial charge in [0.25, 0.3) is 0 Å². The molecule has 146 valence electrons. The van der Waals surface area contributed by atoms with Crippen molar-refractivity contribution in [2.24, 2.45) is 5.92 Å². The van der Waals surface area contributed by atoms with Crippen molar-refractivity contribution in [3.8, 4) is 0 Å². The summed E-state index contributed by atoms with van der Waals surface area (Å²) < 4.78 is 39.5. The summed E-state index contributed by atoms with van der Waals surface area (Å²) in [6.45, 7) is 4.77. The normalized spacial score (nSPS) is 18.6. The van der Waals surface area contributed by atoms with E-state index in [1.807, 2.05) is 19.3 Å². The maximum absolute atomic E-state index is 13.2. The third kappa shape index (κ3) is 5.51. The summed E-state index contributed by atoms with van der Waals surface area (Å²) in [7, 11) is 0. The highest BCUT2D eigenvalue weighted by molar-refractivity contribution is 5.29. The highest BCUT2D eigenvalue weighted by atomic mass is 19.4. The molecule has 0 amide bonds. The number of alkyl halides is 3. The first-order valence-electron chi connectivity index (χ1n) is 9.63. The van der Waals surface area contributed by atoms with Crippen LogP contribution in [0, 0.1) is 5.92 Å². The van der Waals surface area contributed by atoms with Gasteiger partial charge in [0.15, 0.2) is 0 Å². The average Bonchev–Trinajstić information content (AvgIpc) is 2.67. The molecular weight excluding hydrogens is 351 g/mol. The molecule has 1 aromatic carbocycles. The van der Waals surface area contributed by atoms with Crippen LogP contribution in [0.4, 0.5) is 13.2 Å². The summed E-state index contributed by atoms with van der Waals surface area (Å²) in [6, 6.07) is 5.94. The van der Waals surface area contributed by atoms with Crippen LogP contribution in [0.15, 0.2) is 36.7 Å². The molecule has 0 spiro atoms. The Bertz CT molecular complexity index is 728. The highest BCUT2D eigenvalue weighted by Gasteiger charge is 2.33. The second-order valence-corrected chi connectivity index (χ2v) is 7.30. The van der Waals surface area contributed by atoms with Gasteiger partial charge in [-0.05, 0) is 49.8 Å². The highest BCUT2D eigenvalue weighted by Crippen LogP contribution is 2.33. The van der Waals surface area contributed by atoms with Gasteiger partial charge in [-0.25, -0.2) is 9.97 Å². The number of aromatic nitrogens is 2. The predicted molar refractivity (Wildman–Crippen MR) is 99.2 cm³/mol. The van der Waals surface area contributed by atoms with Crippen molar-refractivity contribution in [1.82, 2.24) is 14.9 Å². The van der Waals surface area contributed by atoms with Crippen molar-refractivity contribution in [2.75, 3.05) is 13.1 Å². The molecular formula is C21H26F3N3. The lowest BCUT2D eigenvalue weighted by Gasteiger charge is -2.32. The minimum absolute atomic E-state index is 0.408. The fourth-order valence-electron chi connectivity index (χ4n) is 3.81. The molecule has 27 heavy (non-hydrogen) atoms. The van der Waals surface area contributed by atoms with Crippen LogP contribution in [0.2, 0.25) is 0 Å². The van der Waals surface area contributed by atoms with Crippen LogP contribution in [-0.2, 0) is 25.6 Å². The summed E-state index contributed by atoms with van der Waals surface area (Å²) in [5.41, 5.74) is 1.01. The van der Waals surface area contributed by atoms with Gasteiger partial charge in [-0.2, -0.15) is 13.2 Å². The second kappa shape index (κ2) is 8.83. The molecule has 1 aromatic heterocycles. The standard InChI is InChI=1S/C21H26F3N3/c1-2-20-25-12-17(13-26-20)15-27-11-5-6-16(14-27)9-10-18-7-3-4-8-19(18)21(22,23)24/h3-4,7-8,12-13,16H,2,5-6,9-11,14-15H2,1H3/t16-/m0/s1. The Kier molecular flexibility index (Phi) is 6.47. The first-order valence-corrected chi connectivity index (χ1v) is 9.63. The molecule has 0 saturated carbocycles. The number of hydrogen-bond donors (Lipinski definition) is 0. The number of benzene rings is 1. The molecule has 3 rings (SSSR count). The average molecular weight is 377 g/mol. The lowest BCUT2D eigenvalue weighted by atomic mass is 9.90. The van der Waals surface area contributed by atoms with Crippen molar-refractivity contribution in [3.63, 3.8) is 0 Å². The fraction of sp³-hybridized carbons (Fsp3) is 0.524. The lowest BCUT2D eigenvalue weighted by Crippen LogP contribution is -2.35. The van der Waals surface area contributed by atoms with Gasteiger partial charge in [0.2, 0.25) is 0 Å². The van der Waals surface area contributed by atoms with Gasteiger partial charge in [0, 0.05) is 37.5 Å². The maximum atomic E-state index is 13.2. The van der Waals surface area contributed by atoms with Crippen LogP contribution in [0.25, 0.3) is 0 Å². The third-order valence-electron chi connectivity index (χ3n) is 5.23. The van der Waals surface area contributed by atoms with Gasteiger partial charge in [0.1, 0.15) is 5.82 Å². The molecule has 0 radical (unpaired) electrons. The number of hydrogen-bond acceptors (Lipinski definition) is 3. The van der Waals surface area contributed by atoms with Crippen molar-refractivity contribution in [1.29, 1.82) is 0 Å². The Balaban J connectivity index is 1.56. The Labute approximate surface area is 158 Å². The second-order valence-electron chi connectivity index (χ2n) is 7.30. The van der Waals surface area contributed by atoms with Crippen LogP contribution in [0.5, 0.6) is 0 Å². The molecule has 6 heteroatoms. The van der Waals surface area contributed by atoms with E-state index in [1.165, 1.54) is 12.1 Å². The minimum Gasteiger partial charge on any atom is -0.299 e. The summed E-state index contributed by atoms with van der Waals surface area (Å²) in [4.78, 5) is 11.1. The zero-order valence-corrected chi connectivity index (χ0v) is 15.7. The van der Waals surface area contributed by atoms with Gasteiger partial charge >= 0.3 is 6.18 Å². The molecule has 1 aliphatic heterocycles. The van der Waals surface area contributed by atoms with Crippen molar-refractivity contribution >= 4 is 0 Å². The van der Waals surface area contributed by atoms with Gasteiger partial charge in [-0.1, -0.05) is 25.1 Å². The molecule has 1 fully saturated rings. The number of nitrogens with zero attached hydrogens (tertiary/aromatic N) is 3. The van der Waals surface area contributed by atoms with E-state index in [9.17, 15) is 13.2 Å². The van der Waals surface area contributed by atoms with Crippen LogP contribution < -0.4 is 0 Å². The van der Waals surface area contributed by atoms with E-state index < -0.39 is 11.7 Å². The van der Waals surface area contributed by atoms with E-state index in [0.29, 0.717) is 17.9 Å². The molecule has 0 unspecified atom stereocenters. The Morgan fingerprint density at radius 3 is 2.59 bits per heavy atom. The van der Waals surface area contributed by atoms with E-state index in [2.05, 4.69) is 14.9 Å². The molecule has 1 atom stereocenters. The largest absolute Gasteiger partial charge is 0.416 e. The number of halogens is 3. The molecule has 2 aromatic rings. The zero-order chi connectivity index (χ0) is 19.3. The Hall–Kier alpha value is -1.95. The van der Waals surface area contributed by atoms with Crippen LogP contribution in [-0.4, -0.2) is 28.0 Å².